The van der Waals surface area contributed by atoms with Crippen molar-refractivity contribution in [3.05, 3.63) is 10.6 Å². The Labute approximate surface area is 63.2 Å². The fraction of sp³-hybridized carbons (Fsp3) is 0.500. The van der Waals surface area contributed by atoms with E-state index in [1.54, 1.807) is 11.3 Å². The highest BCUT2D eigenvalue weighted by Gasteiger charge is 2.15. The number of rotatable bonds is 1. The average molecular weight is 155 g/mol. The second-order valence-electron chi connectivity index (χ2n) is 2.39. The Kier molecular flexibility index (Phi) is 1.35. The standard InChI is InChI=1S/C6H9N3S/c7-9-6-8-4-2-1-3-5(4)10-6/h1-3,7H2,(H,8,9). The molecule has 0 radical (unpaired) electrons. The van der Waals surface area contributed by atoms with Gasteiger partial charge in [-0.05, 0) is 19.3 Å². The highest BCUT2D eigenvalue weighted by atomic mass is 32.1. The normalized spacial score (nSPS) is 15.3. The van der Waals surface area contributed by atoms with Crippen LogP contribution in [0.25, 0.3) is 0 Å². The first-order valence-electron chi connectivity index (χ1n) is 3.35. The Hall–Kier alpha value is -0.610. The van der Waals surface area contributed by atoms with Gasteiger partial charge in [0.2, 0.25) is 0 Å². The lowest BCUT2D eigenvalue weighted by molar-refractivity contribution is 0.899. The van der Waals surface area contributed by atoms with Crippen LogP contribution in [-0.4, -0.2) is 4.98 Å². The van der Waals surface area contributed by atoms with Crippen LogP contribution in [0.1, 0.15) is 17.0 Å². The fourth-order valence-electron chi connectivity index (χ4n) is 1.25. The lowest BCUT2D eigenvalue weighted by Crippen LogP contribution is -2.06. The summed E-state index contributed by atoms with van der Waals surface area (Å²) in [6.07, 6.45) is 3.58. The zero-order valence-corrected chi connectivity index (χ0v) is 6.37. The van der Waals surface area contributed by atoms with E-state index in [0.717, 1.165) is 11.6 Å². The molecule has 0 amide bonds. The van der Waals surface area contributed by atoms with E-state index < -0.39 is 0 Å². The SMILES string of the molecule is NNc1nc2c(s1)CCC2. The average Bonchev–Trinajstić information content (AvgIpc) is 2.42. The molecule has 0 spiro atoms. The second kappa shape index (κ2) is 2.21. The number of nitrogens with zero attached hydrogens (tertiary/aromatic N) is 1. The Morgan fingerprint density at radius 1 is 1.50 bits per heavy atom. The highest BCUT2D eigenvalue weighted by Crippen LogP contribution is 2.29. The maximum Gasteiger partial charge on any atom is 0.197 e. The van der Waals surface area contributed by atoms with E-state index in [1.165, 1.54) is 23.4 Å². The molecule has 0 saturated carbocycles. The van der Waals surface area contributed by atoms with E-state index in [9.17, 15) is 0 Å². The van der Waals surface area contributed by atoms with Gasteiger partial charge in [0.1, 0.15) is 0 Å². The molecule has 1 aromatic heterocycles. The van der Waals surface area contributed by atoms with Crippen LogP contribution in [0.2, 0.25) is 0 Å². The summed E-state index contributed by atoms with van der Waals surface area (Å²) < 4.78 is 0. The van der Waals surface area contributed by atoms with Crippen LogP contribution in [-0.2, 0) is 12.8 Å². The lowest BCUT2D eigenvalue weighted by Gasteiger charge is -1.88. The molecule has 1 aromatic rings. The third kappa shape index (κ3) is 0.803. The molecule has 3 nitrogen and oxygen atoms in total. The predicted molar refractivity (Wildman–Crippen MR) is 41.9 cm³/mol. The largest absolute Gasteiger partial charge is 0.300 e. The van der Waals surface area contributed by atoms with Crippen molar-refractivity contribution in [2.45, 2.75) is 19.3 Å². The number of fused-ring (bicyclic) bond motifs is 1. The fourth-order valence-corrected chi connectivity index (χ4v) is 2.21. The Morgan fingerprint density at radius 3 is 3.10 bits per heavy atom. The molecule has 1 heterocycles. The minimum Gasteiger partial charge on any atom is -0.300 e. The summed E-state index contributed by atoms with van der Waals surface area (Å²) in [5, 5.41) is 0.852. The van der Waals surface area contributed by atoms with Gasteiger partial charge in [0.05, 0.1) is 5.69 Å². The zero-order valence-electron chi connectivity index (χ0n) is 5.55. The van der Waals surface area contributed by atoms with Crippen LogP contribution in [0.3, 0.4) is 0 Å². The maximum atomic E-state index is 5.21. The number of hydrazine groups is 1. The number of anilines is 1. The molecule has 54 valence electrons. The van der Waals surface area contributed by atoms with Gasteiger partial charge in [-0.15, -0.1) is 11.3 Å². The van der Waals surface area contributed by atoms with Crippen LogP contribution >= 0.6 is 11.3 Å². The van der Waals surface area contributed by atoms with E-state index >= 15 is 0 Å². The summed E-state index contributed by atoms with van der Waals surface area (Å²) in [5.41, 5.74) is 3.81. The van der Waals surface area contributed by atoms with Crippen molar-refractivity contribution in [1.29, 1.82) is 0 Å². The van der Waals surface area contributed by atoms with Gasteiger partial charge in [0.15, 0.2) is 5.13 Å². The Balaban J connectivity index is 2.37. The van der Waals surface area contributed by atoms with Crippen LogP contribution in [0, 0.1) is 0 Å². The molecule has 10 heavy (non-hydrogen) atoms. The summed E-state index contributed by atoms with van der Waals surface area (Å²) in [4.78, 5) is 5.70. The molecule has 2 rings (SSSR count). The molecular formula is C6H9N3S. The van der Waals surface area contributed by atoms with Crippen molar-refractivity contribution < 1.29 is 0 Å². The highest BCUT2D eigenvalue weighted by molar-refractivity contribution is 7.15. The molecule has 0 aliphatic heterocycles. The van der Waals surface area contributed by atoms with Crippen LogP contribution in [0.15, 0.2) is 0 Å². The van der Waals surface area contributed by atoms with Crippen LogP contribution in [0.4, 0.5) is 5.13 Å². The van der Waals surface area contributed by atoms with E-state index in [4.69, 9.17) is 5.84 Å². The molecule has 1 aliphatic rings. The number of hydrogen-bond donors (Lipinski definition) is 2. The van der Waals surface area contributed by atoms with E-state index in [1.807, 2.05) is 0 Å². The van der Waals surface area contributed by atoms with Gasteiger partial charge >= 0.3 is 0 Å². The number of nitrogens with two attached hydrogens (primary N) is 1. The van der Waals surface area contributed by atoms with Crippen molar-refractivity contribution in [3.8, 4) is 0 Å². The van der Waals surface area contributed by atoms with Gasteiger partial charge in [-0.1, -0.05) is 0 Å². The summed E-state index contributed by atoms with van der Waals surface area (Å²) in [5.74, 6) is 5.21. The predicted octanol–water partition coefficient (Wildman–Crippen LogP) is 0.917. The molecule has 3 N–H and O–H groups in total. The van der Waals surface area contributed by atoms with Gasteiger partial charge in [0.25, 0.3) is 0 Å². The smallest absolute Gasteiger partial charge is 0.197 e. The number of thiazole rings is 1. The minimum atomic E-state index is 0.852. The van der Waals surface area contributed by atoms with Crippen molar-refractivity contribution in [1.82, 2.24) is 4.98 Å². The summed E-state index contributed by atoms with van der Waals surface area (Å²) in [6, 6.07) is 0. The van der Waals surface area contributed by atoms with Gasteiger partial charge in [-0.25, -0.2) is 10.8 Å². The third-order valence-electron chi connectivity index (χ3n) is 1.72. The van der Waals surface area contributed by atoms with Crippen molar-refractivity contribution in [2.75, 3.05) is 5.43 Å². The molecule has 0 aromatic carbocycles. The van der Waals surface area contributed by atoms with Gasteiger partial charge in [-0.3, -0.25) is 5.43 Å². The second-order valence-corrected chi connectivity index (χ2v) is 3.47. The number of aryl methyl sites for hydroxylation is 2. The minimum absolute atomic E-state index is 0.852. The maximum absolute atomic E-state index is 5.21. The molecule has 4 heteroatoms. The number of nitrogens with one attached hydrogen (secondary N) is 1. The summed E-state index contributed by atoms with van der Waals surface area (Å²) in [6.45, 7) is 0. The molecule has 1 aliphatic carbocycles. The van der Waals surface area contributed by atoms with Gasteiger partial charge in [-0.2, -0.15) is 0 Å². The monoisotopic (exact) mass is 155 g/mol. The van der Waals surface area contributed by atoms with E-state index in [2.05, 4.69) is 10.4 Å². The molecule has 0 unspecified atom stereocenters. The van der Waals surface area contributed by atoms with Crippen molar-refractivity contribution in [3.63, 3.8) is 0 Å². The zero-order chi connectivity index (χ0) is 6.97. The van der Waals surface area contributed by atoms with Crippen LogP contribution in [0.5, 0.6) is 0 Å². The number of hydrogen-bond acceptors (Lipinski definition) is 4. The molecule has 0 fully saturated rings. The number of aromatic nitrogens is 1. The topological polar surface area (TPSA) is 50.9 Å². The van der Waals surface area contributed by atoms with E-state index in [0.29, 0.717) is 0 Å². The van der Waals surface area contributed by atoms with Gasteiger partial charge < -0.3 is 0 Å². The summed E-state index contributed by atoms with van der Waals surface area (Å²) >= 11 is 1.67. The third-order valence-corrected chi connectivity index (χ3v) is 2.81. The molecule has 0 saturated heterocycles. The number of nitrogen functional groups attached to an aromatic ring is 1. The van der Waals surface area contributed by atoms with E-state index in [-0.39, 0.29) is 0 Å². The first-order valence-corrected chi connectivity index (χ1v) is 4.17. The first kappa shape index (κ1) is 6.12. The van der Waals surface area contributed by atoms with Crippen LogP contribution < -0.4 is 11.3 Å². The molecular weight excluding hydrogens is 146 g/mol. The summed E-state index contributed by atoms with van der Waals surface area (Å²) in [7, 11) is 0. The van der Waals surface area contributed by atoms with Crippen molar-refractivity contribution in [2.24, 2.45) is 5.84 Å². The van der Waals surface area contributed by atoms with Gasteiger partial charge in [0, 0.05) is 4.88 Å². The first-order chi connectivity index (χ1) is 4.90. The quantitative estimate of drug-likeness (QED) is 0.468. The van der Waals surface area contributed by atoms with Crippen molar-refractivity contribution >= 4 is 16.5 Å². The molecule has 0 bridgehead atoms. The lowest BCUT2D eigenvalue weighted by atomic mass is 10.4. The Morgan fingerprint density at radius 2 is 2.40 bits per heavy atom. The molecule has 0 atom stereocenters. The Bertz CT molecular complexity index is 222.